The second-order valence-electron chi connectivity index (χ2n) is 2.29. The zero-order valence-electron chi connectivity index (χ0n) is 7.28. The third kappa shape index (κ3) is 2.91. The maximum absolute atomic E-state index is 11.9. The van der Waals surface area contributed by atoms with Crippen LogP contribution in [0.3, 0.4) is 0 Å². The Morgan fingerprint density at radius 3 is 2.73 bits per heavy atom. The molecule has 0 bridgehead atoms. The molecule has 1 rings (SSSR count). The highest BCUT2D eigenvalue weighted by atomic mass is 127. The maximum atomic E-state index is 11.9. The number of ether oxygens (including phenoxy) is 2. The first kappa shape index (κ1) is 11.9. The van der Waals surface area contributed by atoms with Crippen LogP contribution >= 0.6 is 22.6 Å². The van der Waals surface area contributed by atoms with Gasteiger partial charge in [0, 0.05) is 7.05 Å². The van der Waals surface area contributed by atoms with Crippen LogP contribution in [0.25, 0.3) is 0 Å². The van der Waals surface area contributed by atoms with E-state index in [9.17, 15) is 13.6 Å². The topological polar surface area (TPSA) is 73.6 Å². The van der Waals surface area contributed by atoms with E-state index in [2.05, 4.69) is 14.6 Å². The minimum atomic E-state index is -3.02. The molecule has 6 nitrogen and oxygen atoms in total. The Morgan fingerprint density at radius 2 is 2.27 bits per heavy atom. The van der Waals surface area contributed by atoms with Crippen molar-refractivity contribution < 1.29 is 28.2 Å². The van der Waals surface area contributed by atoms with Gasteiger partial charge in [0.2, 0.25) is 5.88 Å². The predicted molar refractivity (Wildman–Crippen MR) is 51.2 cm³/mol. The molecule has 0 radical (unpaired) electrons. The Hall–Kier alpha value is -1.13. The molecule has 0 aliphatic heterocycles. The molecule has 1 N–H and O–H groups in total. The summed E-state index contributed by atoms with van der Waals surface area (Å²) in [4.78, 5) is 10.2. The van der Waals surface area contributed by atoms with Gasteiger partial charge < -0.3 is 14.6 Å². The minimum Gasteiger partial charge on any atom is -0.449 e. The highest BCUT2D eigenvalue weighted by molar-refractivity contribution is 14.1. The molecule has 0 spiro atoms. The van der Waals surface area contributed by atoms with Crippen molar-refractivity contribution in [1.82, 2.24) is 9.78 Å². The fraction of sp³-hybridized carbons (Fsp3) is 0.333. The third-order valence-corrected chi connectivity index (χ3v) is 2.22. The number of carbonyl (C=O) groups is 1. The summed E-state index contributed by atoms with van der Waals surface area (Å²) in [7, 11) is 1.35. The van der Waals surface area contributed by atoms with Crippen LogP contribution in [0.2, 0.25) is 0 Å². The Morgan fingerprint density at radius 1 is 1.67 bits per heavy atom. The number of aryl methyl sites for hydroxylation is 1. The first-order valence-corrected chi connectivity index (χ1v) is 4.57. The van der Waals surface area contributed by atoms with E-state index in [4.69, 9.17) is 5.11 Å². The molecule has 15 heavy (non-hydrogen) atoms. The van der Waals surface area contributed by atoms with Crippen molar-refractivity contribution in [3.63, 3.8) is 0 Å². The number of halogens is 3. The Labute approximate surface area is 95.9 Å². The van der Waals surface area contributed by atoms with Crippen molar-refractivity contribution in [2.45, 2.75) is 6.61 Å². The SMILES string of the molecule is Cn1nc(OC(F)F)c(I)c1OC(=O)O. The van der Waals surface area contributed by atoms with Gasteiger partial charge in [0.1, 0.15) is 3.57 Å². The van der Waals surface area contributed by atoms with Crippen LogP contribution in [0.1, 0.15) is 0 Å². The number of alkyl halides is 2. The van der Waals surface area contributed by atoms with Crippen molar-refractivity contribution in [3.05, 3.63) is 3.57 Å². The minimum absolute atomic E-state index is 0.0674. The molecule has 0 amide bonds. The van der Waals surface area contributed by atoms with Gasteiger partial charge in [-0.1, -0.05) is 0 Å². The number of hydrogen-bond donors (Lipinski definition) is 1. The van der Waals surface area contributed by atoms with Gasteiger partial charge in [0.15, 0.2) is 0 Å². The lowest BCUT2D eigenvalue weighted by atomic mass is 10.6. The van der Waals surface area contributed by atoms with Gasteiger partial charge in [0.05, 0.1) is 0 Å². The normalized spacial score (nSPS) is 10.5. The van der Waals surface area contributed by atoms with Crippen molar-refractivity contribution in [3.8, 4) is 11.8 Å². The van der Waals surface area contributed by atoms with Gasteiger partial charge >= 0.3 is 12.8 Å². The molecular weight excluding hydrogens is 329 g/mol. The van der Waals surface area contributed by atoms with Crippen LogP contribution in [0.4, 0.5) is 13.6 Å². The molecule has 1 heterocycles. The van der Waals surface area contributed by atoms with Crippen molar-refractivity contribution in [2.75, 3.05) is 0 Å². The summed E-state index contributed by atoms with van der Waals surface area (Å²) in [5, 5.41) is 11.9. The van der Waals surface area contributed by atoms with E-state index < -0.39 is 12.8 Å². The van der Waals surface area contributed by atoms with E-state index in [1.807, 2.05) is 0 Å². The number of carboxylic acid groups (broad SMARTS) is 1. The summed E-state index contributed by atoms with van der Waals surface area (Å²) in [6.45, 7) is -3.02. The van der Waals surface area contributed by atoms with Crippen LogP contribution in [-0.4, -0.2) is 27.7 Å². The van der Waals surface area contributed by atoms with Gasteiger partial charge in [-0.25, -0.2) is 9.48 Å². The Bertz CT molecular complexity index is 381. The molecule has 0 fully saturated rings. The fourth-order valence-corrected chi connectivity index (χ4v) is 1.51. The molecule has 1 aromatic rings. The molecule has 9 heteroatoms. The molecule has 0 aliphatic carbocycles. The van der Waals surface area contributed by atoms with E-state index in [1.165, 1.54) is 7.05 Å². The molecular formula is C6H5F2IN2O4. The summed E-state index contributed by atoms with van der Waals surface area (Å²) in [6, 6.07) is 0. The summed E-state index contributed by atoms with van der Waals surface area (Å²) < 4.78 is 33.2. The van der Waals surface area contributed by atoms with E-state index in [-0.39, 0.29) is 15.3 Å². The van der Waals surface area contributed by atoms with Gasteiger partial charge in [-0.2, -0.15) is 8.78 Å². The van der Waals surface area contributed by atoms with E-state index in [0.29, 0.717) is 0 Å². The molecule has 1 aromatic heterocycles. The summed E-state index contributed by atoms with van der Waals surface area (Å²) in [5.74, 6) is -0.539. The third-order valence-electron chi connectivity index (χ3n) is 1.29. The van der Waals surface area contributed by atoms with E-state index >= 15 is 0 Å². The lowest BCUT2D eigenvalue weighted by Crippen LogP contribution is -2.07. The zero-order valence-corrected chi connectivity index (χ0v) is 9.44. The summed E-state index contributed by atoms with van der Waals surface area (Å²) in [5.41, 5.74) is 0. The Balaban J connectivity index is 2.98. The zero-order chi connectivity index (χ0) is 11.6. The van der Waals surface area contributed by atoms with Crippen LogP contribution < -0.4 is 9.47 Å². The number of aromatic nitrogens is 2. The van der Waals surface area contributed by atoms with Gasteiger partial charge in [-0.3, -0.25) is 0 Å². The molecule has 0 saturated carbocycles. The maximum Gasteiger partial charge on any atom is 0.512 e. The van der Waals surface area contributed by atoms with Crippen LogP contribution in [0.15, 0.2) is 0 Å². The second-order valence-corrected chi connectivity index (χ2v) is 3.37. The highest BCUT2D eigenvalue weighted by Crippen LogP contribution is 2.30. The summed E-state index contributed by atoms with van der Waals surface area (Å²) >= 11 is 1.60. The van der Waals surface area contributed by atoms with Crippen molar-refractivity contribution in [1.29, 1.82) is 0 Å². The van der Waals surface area contributed by atoms with Gasteiger partial charge in [-0.05, 0) is 22.6 Å². The Kier molecular flexibility index (Phi) is 3.66. The van der Waals surface area contributed by atoms with Crippen LogP contribution in [0, 0.1) is 3.57 Å². The van der Waals surface area contributed by atoms with E-state index in [1.54, 1.807) is 22.6 Å². The van der Waals surface area contributed by atoms with Crippen LogP contribution in [0.5, 0.6) is 11.8 Å². The standard InChI is InChI=1S/C6H5F2IN2O4/c1-11-4(15-6(12)13)2(9)3(10-11)14-5(7)8/h5H,1H3,(H,12,13). The monoisotopic (exact) mass is 334 g/mol. The lowest BCUT2D eigenvalue weighted by Gasteiger charge is -1.99. The first-order valence-electron chi connectivity index (χ1n) is 3.50. The van der Waals surface area contributed by atoms with Crippen LogP contribution in [-0.2, 0) is 7.05 Å². The highest BCUT2D eigenvalue weighted by Gasteiger charge is 2.21. The number of hydrogen-bond acceptors (Lipinski definition) is 4. The second kappa shape index (κ2) is 4.59. The average Bonchev–Trinajstić information content (AvgIpc) is 2.31. The first-order chi connectivity index (χ1) is 6.91. The van der Waals surface area contributed by atoms with Gasteiger partial charge in [0.25, 0.3) is 5.88 Å². The fourth-order valence-electron chi connectivity index (χ4n) is 0.812. The predicted octanol–water partition coefficient (Wildman–Crippen LogP) is 1.68. The van der Waals surface area contributed by atoms with Crippen molar-refractivity contribution >= 4 is 28.7 Å². The molecule has 0 saturated heterocycles. The van der Waals surface area contributed by atoms with Gasteiger partial charge in [-0.15, -0.1) is 5.10 Å². The van der Waals surface area contributed by atoms with E-state index in [0.717, 1.165) is 4.68 Å². The number of rotatable bonds is 3. The molecule has 0 aliphatic rings. The molecule has 0 unspecified atom stereocenters. The molecule has 84 valence electrons. The number of nitrogens with zero attached hydrogens (tertiary/aromatic N) is 2. The molecule has 0 aromatic carbocycles. The average molecular weight is 334 g/mol. The quantitative estimate of drug-likeness (QED) is 0.673. The summed E-state index contributed by atoms with van der Waals surface area (Å²) in [6.07, 6.45) is -1.56. The molecule has 0 atom stereocenters. The largest absolute Gasteiger partial charge is 0.512 e. The lowest BCUT2D eigenvalue weighted by molar-refractivity contribution is -0.0537. The smallest absolute Gasteiger partial charge is 0.449 e. The van der Waals surface area contributed by atoms with Crippen molar-refractivity contribution in [2.24, 2.45) is 7.05 Å².